The molecule has 19 heavy (non-hydrogen) atoms. The number of rotatable bonds is 6. The molecule has 2 N–H and O–H groups in total. The summed E-state index contributed by atoms with van der Waals surface area (Å²) < 4.78 is 11.2. The molecule has 1 heterocycles. The van der Waals surface area contributed by atoms with Gasteiger partial charge in [0.05, 0.1) is 24.5 Å². The summed E-state index contributed by atoms with van der Waals surface area (Å²) >= 11 is 0. The number of likely N-dealkylation sites (N-methyl/N-ethyl adjacent to an activating group) is 1. The summed E-state index contributed by atoms with van der Waals surface area (Å²) in [5, 5.41) is 0. The van der Waals surface area contributed by atoms with Crippen molar-refractivity contribution in [2.45, 2.75) is 50.8 Å². The Morgan fingerprint density at radius 1 is 1.53 bits per heavy atom. The minimum Gasteiger partial charge on any atom is -0.468 e. The van der Waals surface area contributed by atoms with Gasteiger partial charge in [-0.05, 0) is 31.5 Å². The average molecular weight is 266 g/mol. The predicted molar refractivity (Wildman–Crippen MR) is 75.8 cm³/mol. The quantitative estimate of drug-likeness (QED) is 0.859. The second-order valence-corrected chi connectivity index (χ2v) is 5.37. The van der Waals surface area contributed by atoms with Crippen LogP contribution >= 0.6 is 0 Å². The van der Waals surface area contributed by atoms with Crippen molar-refractivity contribution in [2.75, 3.05) is 20.2 Å². The molecule has 0 aromatic carbocycles. The Morgan fingerprint density at radius 2 is 2.37 bits per heavy atom. The van der Waals surface area contributed by atoms with Crippen LogP contribution in [-0.4, -0.2) is 36.7 Å². The first kappa shape index (κ1) is 14.6. The molecule has 4 heteroatoms. The number of hydrogen-bond donors (Lipinski definition) is 1. The molecule has 108 valence electrons. The third kappa shape index (κ3) is 2.86. The highest BCUT2D eigenvalue weighted by molar-refractivity contribution is 5.05. The Hall–Kier alpha value is -0.840. The van der Waals surface area contributed by atoms with Crippen LogP contribution in [-0.2, 0) is 11.3 Å². The molecule has 1 aliphatic carbocycles. The van der Waals surface area contributed by atoms with E-state index in [1.54, 1.807) is 13.4 Å². The zero-order valence-corrected chi connectivity index (χ0v) is 12.1. The monoisotopic (exact) mass is 266 g/mol. The Morgan fingerprint density at radius 3 is 2.95 bits per heavy atom. The third-order valence-corrected chi connectivity index (χ3v) is 4.50. The van der Waals surface area contributed by atoms with E-state index in [1.165, 1.54) is 12.8 Å². The van der Waals surface area contributed by atoms with Crippen molar-refractivity contribution in [1.82, 2.24) is 4.90 Å². The molecule has 1 aromatic heterocycles. The molecule has 0 amide bonds. The number of methoxy groups -OCH3 is 1. The molecular formula is C15H26N2O2. The van der Waals surface area contributed by atoms with Crippen LogP contribution in [0.4, 0.5) is 0 Å². The molecule has 0 aliphatic heterocycles. The van der Waals surface area contributed by atoms with E-state index in [1.807, 2.05) is 12.1 Å². The van der Waals surface area contributed by atoms with Crippen molar-refractivity contribution < 1.29 is 9.15 Å². The van der Waals surface area contributed by atoms with Gasteiger partial charge in [0.1, 0.15) is 5.76 Å². The normalized spacial score (nSPS) is 27.9. The number of nitrogens with zero attached hydrogens (tertiary/aromatic N) is 1. The third-order valence-electron chi connectivity index (χ3n) is 4.50. The van der Waals surface area contributed by atoms with Gasteiger partial charge in [-0.3, -0.25) is 4.90 Å². The highest BCUT2D eigenvalue weighted by Gasteiger charge is 2.44. The minimum absolute atomic E-state index is 0.0471. The van der Waals surface area contributed by atoms with E-state index in [-0.39, 0.29) is 11.6 Å². The van der Waals surface area contributed by atoms with Crippen LogP contribution in [0.5, 0.6) is 0 Å². The molecule has 2 atom stereocenters. The summed E-state index contributed by atoms with van der Waals surface area (Å²) in [6.45, 7) is 4.58. The summed E-state index contributed by atoms with van der Waals surface area (Å²) in [5.41, 5.74) is 6.11. The lowest BCUT2D eigenvalue weighted by Gasteiger charge is -2.49. The van der Waals surface area contributed by atoms with E-state index >= 15 is 0 Å². The van der Waals surface area contributed by atoms with Gasteiger partial charge in [0.25, 0.3) is 0 Å². The zero-order valence-electron chi connectivity index (χ0n) is 12.1. The van der Waals surface area contributed by atoms with Crippen LogP contribution < -0.4 is 5.73 Å². The number of furan rings is 1. The molecule has 2 rings (SSSR count). The molecule has 0 bridgehead atoms. The molecule has 2 unspecified atom stereocenters. The number of nitrogens with two attached hydrogens (primary N) is 1. The van der Waals surface area contributed by atoms with E-state index in [0.29, 0.717) is 6.54 Å². The van der Waals surface area contributed by atoms with Gasteiger partial charge in [0.2, 0.25) is 0 Å². The van der Waals surface area contributed by atoms with Gasteiger partial charge in [-0.1, -0.05) is 19.8 Å². The first-order valence-corrected chi connectivity index (χ1v) is 7.27. The van der Waals surface area contributed by atoms with Gasteiger partial charge in [-0.2, -0.15) is 0 Å². The van der Waals surface area contributed by atoms with Gasteiger partial charge in [0.15, 0.2) is 0 Å². The SMILES string of the molecule is CCN(Cc1ccco1)C1(CN)CCCCC1OC. The minimum atomic E-state index is -0.0471. The maximum atomic E-state index is 6.16. The highest BCUT2D eigenvalue weighted by Crippen LogP contribution is 2.35. The number of ether oxygens (including phenoxy) is 1. The second kappa shape index (κ2) is 6.55. The Kier molecular flexibility index (Phi) is 5.02. The topological polar surface area (TPSA) is 51.6 Å². The molecule has 4 nitrogen and oxygen atoms in total. The summed E-state index contributed by atoms with van der Waals surface area (Å²) in [7, 11) is 1.81. The van der Waals surface area contributed by atoms with Crippen LogP contribution in [0.3, 0.4) is 0 Å². The second-order valence-electron chi connectivity index (χ2n) is 5.37. The van der Waals surface area contributed by atoms with E-state index in [0.717, 1.165) is 31.7 Å². The van der Waals surface area contributed by atoms with Crippen molar-refractivity contribution in [3.8, 4) is 0 Å². The lowest BCUT2D eigenvalue weighted by atomic mass is 9.77. The molecule has 1 fully saturated rings. The standard InChI is InChI=1S/C15H26N2O2/c1-3-17(11-13-7-6-10-19-13)15(12-16)9-5-4-8-14(15)18-2/h6-7,10,14H,3-5,8-9,11-12,16H2,1-2H3. The Bertz CT molecular complexity index is 366. The fraction of sp³-hybridized carbons (Fsp3) is 0.733. The van der Waals surface area contributed by atoms with E-state index in [2.05, 4.69) is 11.8 Å². The van der Waals surface area contributed by atoms with Crippen LogP contribution in [0.25, 0.3) is 0 Å². The molecule has 1 saturated carbocycles. The van der Waals surface area contributed by atoms with Gasteiger partial charge in [0, 0.05) is 13.7 Å². The smallest absolute Gasteiger partial charge is 0.117 e. The van der Waals surface area contributed by atoms with Crippen molar-refractivity contribution >= 4 is 0 Å². The molecule has 1 aromatic rings. The fourth-order valence-electron chi connectivity index (χ4n) is 3.43. The summed E-state index contributed by atoms with van der Waals surface area (Å²) in [6, 6.07) is 3.96. The summed E-state index contributed by atoms with van der Waals surface area (Å²) in [4.78, 5) is 2.43. The fourth-order valence-corrected chi connectivity index (χ4v) is 3.43. The van der Waals surface area contributed by atoms with Crippen LogP contribution in [0.2, 0.25) is 0 Å². The van der Waals surface area contributed by atoms with Gasteiger partial charge >= 0.3 is 0 Å². The maximum Gasteiger partial charge on any atom is 0.117 e. The van der Waals surface area contributed by atoms with Crippen molar-refractivity contribution in [1.29, 1.82) is 0 Å². The average Bonchev–Trinajstić information content (AvgIpc) is 2.97. The molecular weight excluding hydrogens is 240 g/mol. The Labute approximate surface area is 115 Å². The molecule has 0 radical (unpaired) electrons. The van der Waals surface area contributed by atoms with Crippen LogP contribution in [0, 0.1) is 0 Å². The summed E-state index contributed by atoms with van der Waals surface area (Å²) in [5.74, 6) is 0.995. The first-order valence-electron chi connectivity index (χ1n) is 7.27. The van der Waals surface area contributed by atoms with Gasteiger partial charge < -0.3 is 14.9 Å². The highest BCUT2D eigenvalue weighted by atomic mass is 16.5. The van der Waals surface area contributed by atoms with Crippen LogP contribution in [0.15, 0.2) is 22.8 Å². The largest absolute Gasteiger partial charge is 0.468 e. The first-order chi connectivity index (χ1) is 9.26. The van der Waals surface area contributed by atoms with Crippen molar-refractivity contribution in [2.24, 2.45) is 5.73 Å². The lowest BCUT2D eigenvalue weighted by molar-refractivity contribution is -0.0791. The van der Waals surface area contributed by atoms with E-state index in [9.17, 15) is 0 Å². The summed E-state index contributed by atoms with van der Waals surface area (Å²) in [6.07, 6.45) is 6.62. The van der Waals surface area contributed by atoms with E-state index in [4.69, 9.17) is 14.9 Å². The maximum absolute atomic E-state index is 6.16. The van der Waals surface area contributed by atoms with Gasteiger partial charge in [-0.25, -0.2) is 0 Å². The zero-order chi connectivity index (χ0) is 13.7. The molecule has 1 aliphatic rings. The predicted octanol–water partition coefficient (Wildman–Crippen LogP) is 2.39. The lowest BCUT2D eigenvalue weighted by Crippen LogP contribution is -2.62. The Balaban J connectivity index is 2.20. The van der Waals surface area contributed by atoms with Crippen molar-refractivity contribution in [3.05, 3.63) is 24.2 Å². The van der Waals surface area contributed by atoms with Gasteiger partial charge in [-0.15, -0.1) is 0 Å². The molecule has 0 saturated heterocycles. The number of hydrogen-bond acceptors (Lipinski definition) is 4. The molecule has 0 spiro atoms. The van der Waals surface area contributed by atoms with Crippen molar-refractivity contribution in [3.63, 3.8) is 0 Å². The van der Waals surface area contributed by atoms with E-state index < -0.39 is 0 Å². The van der Waals surface area contributed by atoms with Crippen LogP contribution in [0.1, 0.15) is 38.4 Å².